The van der Waals surface area contributed by atoms with Crippen molar-refractivity contribution in [2.24, 2.45) is 4.99 Å². The molecule has 0 bridgehead atoms. The van der Waals surface area contributed by atoms with Gasteiger partial charge in [0, 0.05) is 6.20 Å². The van der Waals surface area contributed by atoms with Gasteiger partial charge in [-0.15, -0.1) is 0 Å². The number of carbonyl (C=O) groups is 2. The van der Waals surface area contributed by atoms with E-state index in [-0.39, 0.29) is 0 Å². The first-order valence-electron chi connectivity index (χ1n) is 6.67. The number of carbonyl (C=O) groups excluding carboxylic acids is 2. The van der Waals surface area contributed by atoms with Crippen molar-refractivity contribution in [2.75, 3.05) is 0 Å². The molecule has 5 nitrogen and oxygen atoms in total. The number of fused-ring (bicyclic) bond motifs is 2. The quantitative estimate of drug-likeness (QED) is 0.800. The molecule has 2 heterocycles. The Bertz CT molecular complexity index is 859. The van der Waals surface area contributed by atoms with E-state index < -0.39 is 17.9 Å². The molecule has 0 N–H and O–H groups in total. The monoisotopic (exact) mass is 310 g/mol. The van der Waals surface area contributed by atoms with E-state index in [1.54, 1.807) is 17.7 Å². The molecule has 2 amide bonds. The fraction of sp³-hybridized carbons (Fsp3) is 0.0625. The summed E-state index contributed by atoms with van der Waals surface area (Å²) < 4.78 is 5.61. The summed E-state index contributed by atoms with van der Waals surface area (Å²) in [5.41, 5.74) is 0. The van der Waals surface area contributed by atoms with Gasteiger partial charge in [-0.2, -0.15) is 4.99 Å². The Morgan fingerprint density at radius 2 is 1.91 bits per heavy atom. The van der Waals surface area contributed by atoms with Gasteiger partial charge in [0.05, 0.1) is 0 Å². The van der Waals surface area contributed by atoms with Crippen molar-refractivity contribution in [2.45, 2.75) is 6.10 Å². The minimum Gasteiger partial charge on any atom is -0.470 e. The van der Waals surface area contributed by atoms with Crippen molar-refractivity contribution >= 4 is 39.5 Å². The summed E-state index contributed by atoms with van der Waals surface area (Å²) in [4.78, 5) is 29.6. The number of benzene rings is 2. The van der Waals surface area contributed by atoms with E-state index in [0.29, 0.717) is 10.9 Å². The smallest absolute Gasteiger partial charge is 0.299 e. The van der Waals surface area contributed by atoms with Crippen LogP contribution in [-0.2, 0) is 9.59 Å². The summed E-state index contributed by atoms with van der Waals surface area (Å²) in [6.45, 7) is 0. The van der Waals surface area contributed by atoms with E-state index in [1.165, 1.54) is 16.7 Å². The first kappa shape index (κ1) is 13.1. The van der Waals surface area contributed by atoms with Gasteiger partial charge in [0.25, 0.3) is 17.9 Å². The van der Waals surface area contributed by atoms with Crippen LogP contribution in [-0.4, -0.2) is 28.0 Å². The van der Waals surface area contributed by atoms with Gasteiger partial charge < -0.3 is 4.74 Å². The molecular weight excluding hydrogens is 300 g/mol. The van der Waals surface area contributed by atoms with Crippen LogP contribution in [0.5, 0.6) is 5.75 Å². The zero-order valence-corrected chi connectivity index (χ0v) is 12.1. The summed E-state index contributed by atoms with van der Waals surface area (Å²) in [5, 5.41) is 4.14. The summed E-state index contributed by atoms with van der Waals surface area (Å²) in [5.74, 6) is -0.509. The summed E-state index contributed by atoms with van der Waals surface area (Å²) in [6, 6.07) is 13.3. The van der Waals surface area contributed by atoms with Gasteiger partial charge in [0.15, 0.2) is 5.17 Å². The predicted octanol–water partition coefficient (Wildman–Crippen LogP) is 2.53. The number of amidine groups is 1. The number of amides is 2. The number of ether oxygens (including phenoxy) is 1. The molecule has 6 heteroatoms. The lowest BCUT2D eigenvalue weighted by molar-refractivity contribution is -0.141. The van der Waals surface area contributed by atoms with Gasteiger partial charge in [0.2, 0.25) is 0 Å². The Hall–Kier alpha value is -2.60. The summed E-state index contributed by atoms with van der Waals surface area (Å²) >= 11 is 1.24. The largest absolute Gasteiger partial charge is 0.470 e. The molecule has 0 spiro atoms. The topological polar surface area (TPSA) is 59.0 Å². The average molecular weight is 310 g/mol. The zero-order chi connectivity index (χ0) is 15.1. The molecule has 0 saturated heterocycles. The highest BCUT2D eigenvalue weighted by Gasteiger charge is 2.40. The lowest BCUT2D eigenvalue weighted by Crippen LogP contribution is -2.48. The molecule has 2 aromatic carbocycles. The second kappa shape index (κ2) is 4.99. The predicted molar refractivity (Wildman–Crippen MR) is 84.4 cm³/mol. The van der Waals surface area contributed by atoms with Gasteiger partial charge in [-0.25, -0.2) is 0 Å². The third-order valence-corrected chi connectivity index (χ3v) is 4.21. The lowest BCUT2D eigenvalue weighted by atomic mass is 10.1. The van der Waals surface area contributed by atoms with E-state index in [1.807, 2.05) is 36.4 Å². The first-order valence-corrected chi connectivity index (χ1v) is 7.55. The molecule has 1 atom stereocenters. The SMILES string of the molecule is O=C1N=C2SC=CN2C(=O)C1Oc1ccc2ccccc2c1. The number of hydrogen-bond acceptors (Lipinski definition) is 4. The van der Waals surface area contributed by atoms with E-state index in [9.17, 15) is 9.59 Å². The van der Waals surface area contributed by atoms with Crippen LogP contribution in [0.15, 0.2) is 59.1 Å². The molecule has 0 aliphatic carbocycles. The maximum Gasteiger partial charge on any atom is 0.299 e. The van der Waals surface area contributed by atoms with Gasteiger partial charge in [-0.3, -0.25) is 14.5 Å². The number of nitrogens with zero attached hydrogens (tertiary/aromatic N) is 2. The molecule has 1 unspecified atom stereocenters. The van der Waals surface area contributed by atoms with Crippen molar-refractivity contribution < 1.29 is 14.3 Å². The molecule has 2 aliphatic rings. The van der Waals surface area contributed by atoms with Gasteiger partial charge in [-0.1, -0.05) is 42.1 Å². The number of aliphatic imine (C=N–C) groups is 1. The maximum absolute atomic E-state index is 12.3. The average Bonchev–Trinajstić information content (AvgIpc) is 2.99. The molecule has 2 aromatic rings. The highest BCUT2D eigenvalue weighted by Crippen LogP contribution is 2.27. The molecule has 0 saturated carbocycles. The van der Waals surface area contributed by atoms with Crippen LogP contribution < -0.4 is 4.74 Å². The van der Waals surface area contributed by atoms with Crippen molar-refractivity contribution in [1.29, 1.82) is 0 Å². The van der Waals surface area contributed by atoms with Crippen molar-refractivity contribution in [1.82, 2.24) is 4.90 Å². The van der Waals surface area contributed by atoms with Crippen molar-refractivity contribution in [3.05, 3.63) is 54.1 Å². The summed E-state index contributed by atoms with van der Waals surface area (Å²) in [7, 11) is 0. The number of hydrogen-bond donors (Lipinski definition) is 0. The third-order valence-electron chi connectivity index (χ3n) is 3.46. The van der Waals surface area contributed by atoms with E-state index in [4.69, 9.17) is 4.74 Å². The van der Waals surface area contributed by atoms with Crippen LogP contribution >= 0.6 is 11.8 Å². The Kier molecular flexibility index (Phi) is 2.97. The van der Waals surface area contributed by atoms with E-state index in [0.717, 1.165) is 10.8 Å². The zero-order valence-electron chi connectivity index (χ0n) is 11.3. The Morgan fingerprint density at radius 1 is 1.09 bits per heavy atom. The second-order valence-corrected chi connectivity index (χ2v) is 5.72. The second-order valence-electron chi connectivity index (χ2n) is 4.85. The first-order chi connectivity index (χ1) is 10.7. The Balaban J connectivity index is 1.65. The molecule has 0 fully saturated rings. The van der Waals surface area contributed by atoms with Gasteiger partial charge in [-0.05, 0) is 28.3 Å². The molecule has 0 aromatic heterocycles. The fourth-order valence-corrected chi connectivity index (χ4v) is 3.09. The van der Waals surface area contributed by atoms with Gasteiger partial charge in [0.1, 0.15) is 5.75 Å². The van der Waals surface area contributed by atoms with Crippen molar-refractivity contribution in [3.63, 3.8) is 0 Å². The third kappa shape index (κ3) is 2.08. The van der Waals surface area contributed by atoms with Crippen LogP contribution in [0.2, 0.25) is 0 Å². The number of rotatable bonds is 2. The molecular formula is C16H10N2O3S. The molecule has 4 rings (SSSR count). The van der Waals surface area contributed by atoms with Gasteiger partial charge >= 0.3 is 0 Å². The van der Waals surface area contributed by atoms with Crippen LogP contribution in [0.4, 0.5) is 0 Å². The minimum absolute atomic E-state index is 0.383. The lowest BCUT2D eigenvalue weighted by Gasteiger charge is -2.24. The standard InChI is InChI=1S/C16H10N2O3S/c19-14-13(15(20)18-7-8-22-16(18)17-14)21-12-6-5-10-3-1-2-4-11(10)9-12/h1-9,13H. The van der Waals surface area contributed by atoms with E-state index >= 15 is 0 Å². The molecule has 22 heavy (non-hydrogen) atoms. The fourth-order valence-electron chi connectivity index (χ4n) is 2.38. The van der Waals surface area contributed by atoms with Crippen LogP contribution in [0.25, 0.3) is 10.8 Å². The molecule has 108 valence electrons. The number of thioether (sulfide) groups is 1. The maximum atomic E-state index is 12.3. The summed E-state index contributed by atoms with van der Waals surface area (Å²) in [6.07, 6.45) is 0.364. The Morgan fingerprint density at radius 3 is 2.77 bits per heavy atom. The van der Waals surface area contributed by atoms with Crippen LogP contribution in [0.1, 0.15) is 0 Å². The molecule has 0 radical (unpaired) electrons. The molecule has 2 aliphatic heterocycles. The van der Waals surface area contributed by atoms with Crippen LogP contribution in [0, 0.1) is 0 Å². The normalized spacial score (nSPS) is 20.3. The highest BCUT2D eigenvalue weighted by atomic mass is 32.2. The van der Waals surface area contributed by atoms with E-state index in [2.05, 4.69) is 4.99 Å². The van der Waals surface area contributed by atoms with Crippen molar-refractivity contribution in [3.8, 4) is 5.75 Å². The highest BCUT2D eigenvalue weighted by molar-refractivity contribution is 8.16. The Labute approximate surface area is 130 Å². The van der Waals surface area contributed by atoms with Crippen LogP contribution in [0.3, 0.4) is 0 Å². The minimum atomic E-state index is -1.23.